The molecular weight excluding hydrogens is 276 g/mol. The molecule has 120 valence electrons. The standard InChI is InChI=1S/C17H26N4O/c1-4-10-19-16(22)15-9-7-8-14(12-15)13-21-17(18-6-3)20-11-5-2/h5,7-9,12H,2,4,6,10-11,13H2,1,3H3,(H,19,22)(H2,18,20,21). The lowest BCUT2D eigenvalue weighted by Gasteiger charge is -2.10. The monoisotopic (exact) mass is 302 g/mol. The van der Waals surface area contributed by atoms with Crippen LogP contribution in [0.15, 0.2) is 41.9 Å². The number of nitrogens with one attached hydrogen (secondary N) is 3. The molecule has 0 aromatic heterocycles. The third-order valence-electron chi connectivity index (χ3n) is 2.90. The zero-order valence-electron chi connectivity index (χ0n) is 13.5. The van der Waals surface area contributed by atoms with Crippen LogP contribution in [-0.4, -0.2) is 31.5 Å². The molecule has 0 saturated heterocycles. The topological polar surface area (TPSA) is 65.5 Å². The quantitative estimate of drug-likeness (QED) is 0.391. The van der Waals surface area contributed by atoms with Gasteiger partial charge in [0, 0.05) is 25.2 Å². The van der Waals surface area contributed by atoms with Crippen molar-refractivity contribution in [1.82, 2.24) is 16.0 Å². The molecule has 1 aromatic rings. The Hall–Kier alpha value is -2.30. The molecule has 0 saturated carbocycles. The normalized spacial score (nSPS) is 10.9. The Morgan fingerprint density at radius 2 is 2.09 bits per heavy atom. The summed E-state index contributed by atoms with van der Waals surface area (Å²) < 4.78 is 0. The molecule has 0 unspecified atom stereocenters. The fourth-order valence-corrected chi connectivity index (χ4v) is 1.83. The first-order valence-corrected chi connectivity index (χ1v) is 7.71. The van der Waals surface area contributed by atoms with Crippen molar-refractivity contribution in [2.45, 2.75) is 26.8 Å². The summed E-state index contributed by atoms with van der Waals surface area (Å²) in [5, 5.41) is 9.19. The lowest BCUT2D eigenvalue weighted by Crippen LogP contribution is -2.37. The van der Waals surface area contributed by atoms with Crippen LogP contribution >= 0.6 is 0 Å². The number of nitrogens with zero attached hydrogens (tertiary/aromatic N) is 1. The van der Waals surface area contributed by atoms with Crippen LogP contribution in [0.5, 0.6) is 0 Å². The third-order valence-corrected chi connectivity index (χ3v) is 2.90. The highest BCUT2D eigenvalue weighted by Crippen LogP contribution is 2.06. The van der Waals surface area contributed by atoms with Crippen LogP contribution in [0.1, 0.15) is 36.2 Å². The summed E-state index contributed by atoms with van der Waals surface area (Å²) in [5.41, 5.74) is 1.67. The molecule has 3 N–H and O–H groups in total. The Kier molecular flexibility index (Phi) is 8.42. The molecule has 0 aliphatic heterocycles. The van der Waals surface area contributed by atoms with E-state index in [1.54, 1.807) is 6.08 Å². The first-order chi connectivity index (χ1) is 10.7. The summed E-state index contributed by atoms with van der Waals surface area (Å²) in [6.45, 7) is 10.4. The molecule has 0 radical (unpaired) electrons. The molecule has 5 heteroatoms. The summed E-state index contributed by atoms with van der Waals surface area (Å²) in [6.07, 6.45) is 2.71. The van der Waals surface area contributed by atoms with Gasteiger partial charge in [-0.15, -0.1) is 6.58 Å². The minimum Gasteiger partial charge on any atom is -0.357 e. The van der Waals surface area contributed by atoms with Crippen LogP contribution in [0.25, 0.3) is 0 Å². The van der Waals surface area contributed by atoms with E-state index in [4.69, 9.17) is 0 Å². The largest absolute Gasteiger partial charge is 0.357 e. The zero-order valence-corrected chi connectivity index (χ0v) is 13.5. The van der Waals surface area contributed by atoms with E-state index in [2.05, 4.69) is 27.5 Å². The number of benzene rings is 1. The first-order valence-electron chi connectivity index (χ1n) is 7.71. The summed E-state index contributed by atoms with van der Waals surface area (Å²) in [6, 6.07) is 7.55. The molecule has 0 bridgehead atoms. The van der Waals surface area contributed by atoms with E-state index < -0.39 is 0 Å². The fraction of sp³-hybridized carbons (Fsp3) is 0.412. The van der Waals surface area contributed by atoms with E-state index >= 15 is 0 Å². The van der Waals surface area contributed by atoms with Crippen molar-refractivity contribution < 1.29 is 4.79 Å². The van der Waals surface area contributed by atoms with Crippen LogP contribution in [0.2, 0.25) is 0 Å². The smallest absolute Gasteiger partial charge is 0.251 e. The molecule has 22 heavy (non-hydrogen) atoms. The van der Waals surface area contributed by atoms with Gasteiger partial charge in [0.25, 0.3) is 5.91 Å². The van der Waals surface area contributed by atoms with Gasteiger partial charge in [-0.1, -0.05) is 25.1 Å². The number of carbonyl (C=O) groups excluding carboxylic acids is 1. The maximum atomic E-state index is 12.0. The summed E-state index contributed by atoms with van der Waals surface area (Å²) in [5.74, 6) is 0.701. The predicted octanol–water partition coefficient (Wildman–Crippen LogP) is 2.07. The molecule has 1 aromatic carbocycles. The molecule has 0 heterocycles. The van der Waals surface area contributed by atoms with Crippen molar-refractivity contribution in [3.63, 3.8) is 0 Å². The molecule has 1 rings (SSSR count). The highest BCUT2D eigenvalue weighted by Gasteiger charge is 2.05. The maximum absolute atomic E-state index is 12.0. The summed E-state index contributed by atoms with van der Waals surface area (Å²) >= 11 is 0. The molecule has 5 nitrogen and oxygen atoms in total. The van der Waals surface area contributed by atoms with Crippen LogP contribution in [0.4, 0.5) is 0 Å². The Morgan fingerprint density at radius 3 is 2.77 bits per heavy atom. The van der Waals surface area contributed by atoms with E-state index in [0.29, 0.717) is 25.2 Å². The highest BCUT2D eigenvalue weighted by molar-refractivity contribution is 5.94. The van der Waals surface area contributed by atoms with Crippen LogP contribution < -0.4 is 16.0 Å². The number of hydrogen-bond acceptors (Lipinski definition) is 2. The Morgan fingerprint density at radius 1 is 1.27 bits per heavy atom. The van der Waals surface area contributed by atoms with Gasteiger partial charge in [0.2, 0.25) is 0 Å². The van der Waals surface area contributed by atoms with Gasteiger partial charge in [0.15, 0.2) is 5.96 Å². The molecule has 0 aliphatic carbocycles. The summed E-state index contributed by atoms with van der Waals surface area (Å²) in [7, 11) is 0. The van der Waals surface area contributed by atoms with Gasteiger partial charge in [-0.05, 0) is 31.0 Å². The molecular formula is C17H26N4O. The Balaban J connectivity index is 2.71. The van der Waals surface area contributed by atoms with Gasteiger partial charge < -0.3 is 16.0 Å². The van der Waals surface area contributed by atoms with Gasteiger partial charge >= 0.3 is 0 Å². The molecule has 0 spiro atoms. The lowest BCUT2D eigenvalue weighted by molar-refractivity contribution is 0.0953. The minimum atomic E-state index is -0.0376. The number of rotatable bonds is 8. The van der Waals surface area contributed by atoms with Crippen molar-refractivity contribution >= 4 is 11.9 Å². The minimum absolute atomic E-state index is 0.0376. The van der Waals surface area contributed by atoms with Crippen LogP contribution in [-0.2, 0) is 6.54 Å². The van der Waals surface area contributed by atoms with E-state index in [1.807, 2.05) is 38.1 Å². The van der Waals surface area contributed by atoms with Gasteiger partial charge in [-0.2, -0.15) is 0 Å². The lowest BCUT2D eigenvalue weighted by atomic mass is 10.1. The van der Waals surface area contributed by atoms with E-state index in [0.717, 1.165) is 24.5 Å². The van der Waals surface area contributed by atoms with Gasteiger partial charge in [0.05, 0.1) is 6.54 Å². The van der Waals surface area contributed by atoms with Crippen LogP contribution in [0, 0.1) is 0 Å². The second-order valence-corrected chi connectivity index (χ2v) is 4.82. The molecule has 0 fully saturated rings. The SMILES string of the molecule is C=CCNC(=NCc1cccc(C(=O)NCCC)c1)NCC. The van der Waals surface area contributed by atoms with E-state index in [9.17, 15) is 4.79 Å². The number of hydrogen-bond donors (Lipinski definition) is 3. The first kappa shape index (κ1) is 17.8. The second-order valence-electron chi connectivity index (χ2n) is 4.82. The van der Waals surface area contributed by atoms with Gasteiger partial charge in [-0.3, -0.25) is 4.79 Å². The predicted molar refractivity (Wildman–Crippen MR) is 92.1 cm³/mol. The number of guanidine groups is 1. The van der Waals surface area contributed by atoms with Crippen molar-refractivity contribution in [1.29, 1.82) is 0 Å². The van der Waals surface area contributed by atoms with E-state index in [1.165, 1.54) is 0 Å². The Labute approximate surface area is 132 Å². The fourth-order valence-electron chi connectivity index (χ4n) is 1.83. The number of amides is 1. The van der Waals surface area contributed by atoms with Crippen molar-refractivity contribution in [2.75, 3.05) is 19.6 Å². The van der Waals surface area contributed by atoms with E-state index in [-0.39, 0.29) is 5.91 Å². The second kappa shape index (κ2) is 10.4. The van der Waals surface area contributed by atoms with Crippen molar-refractivity contribution in [3.8, 4) is 0 Å². The average molecular weight is 302 g/mol. The third kappa shape index (κ3) is 6.43. The zero-order chi connectivity index (χ0) is 16.2. The van der Waals surface area contributed by atoms with Gasteiger partial charge in [0.1, 0.15) is 0 Å². The summed E-state index contributed by atoms with van der Waals surface area (Å²) in [4.78, 5) is 16.5. The highest BCUT2D eigenvalue weighted by atomic mass is 16.1. The van der Waals surface area contributed by atoms with Gasteiger partial charge in [-0.25, -0.2) is 4.99 Å². The van der Waals surface area contributed by atoms with Crippen LogP contribution in [0.3, 0.4) is 0 Å². The molecule has 1 amide bonds. The number of aliphatic imine (C=N–C) groups is 1. The maximum Gasteiger partial charge on any atom is 0.251 e. The number of carbonyl (C=O) groups is 1. The molecule has 0 atom stereocenters. The van der Waals surface area contributed by atoms with Crippen molar-refractivity contribution in [3.05, 3.63) is 48.0 Å². The average Bonchev–Trinajstić information content (AvgIpc) is 2.55. The van der Waals surface area contributed by atoms with Crippen molar-refractivity contribution in [2.24, 2.45) is 4.99 Å². The molecule has 0 aliphatic rings. The Bertz CT molecular complexity index is 511.